The Balaban J connectivity index is 1.70. The Morgan fingerprint density at radius 2 is 2.11 bits per heavy atom. The fraction of sp³-hybridized carbons (Fsp3) is 0.235. The monoisotopic (exact) mass is 412 g/mol. The van der Waals surface area contributed by atoms with Crippen molar-refractivity contribution in [3.05, 3.63) is 58.8 Å². The van der Waals surface area contributed by atoms with E-state index in [1.54, 1.807) is 30.3 Å². The van der Waals surface area contributed by atoms with E-state index in [4.69, 9.17) is 20.8 Å². The average molecular weight is 413 g/mol. The lowest BCUT2D eigenvalue weighted by molar-refractivity contribution is 0.135. The number of rotatable bonds is 8. The summed E-state index contributed by atoms with van der Waals surface area (Å²) >= 11 is 7.30. The Bertz CT molecular complexity index is 929. The fourth-order valence-corrected chi connectivity index (χ4v) is 2.92. The number of benzene rings is 1. The first-order valence-corrected chi connectivity index (χ1v) is 9.31. The summed E-state index contributed by atoms with van der Waals surface area (Å²) in [6.07, 6.45) is -1.45. The molecule has 0 atom stereocenters. The zero-order valence-electron chi connectivity index (χ0n) is 14.2. The van der Waals surface area contributed by atoms with E-state index in [0.29, 0.717) is 28.0 Å². The molecule has 0 aliphatic rings. The summed E-state index contributed by atoms with van der Waals surface area (Å²) in [5.41, 5.74) is 0. The van der Waals surface area contributed by atoms with Crippen LogP contribution >= 0.6 is 23.4 Å². The highest BCUT2D eigenvalue weighted by atomic mass is 35.5. The van der Waals surface area contributed by atoms with Crippen molar-refractivity contribution < 1.29 is 17.9 Å². The molecular formula is C17H15ClF2N4O2S. The quantitative estimate of drug-likeness (QED) is 0.383. The summed E-state index contributed by atoms with van der Waals surface area (Å²) < 4.78 is 38.3. The van der Waals surface area contributed by atoms with Gasteiger partial charge in [-0.2, -0.15) is 9.78 Å². The van der Waals surface area contributed by atoms with Crippen LogP contribution in [0.25, 0.3) is 0 Å². The molecule has 10 heteroatoms. The number of aromatic nitrogens is 3. The molecule has 0 fully saturated rings. The molecule has 142 valence electrons. The van der Waals surface area contributed by atoms with E-state index in [1.807, 2.05) is 13.0 Å². The molecule has 0 bridgehead atoms. The van der Waals surface area contributed by atoms with Gasteiger partial charge < -0.3 is 9.15 Å². The highest BCUT2D eigenvalue weighted by molar-refractivity contribution is 7.99. The molecule has 3 rings (SSSR count). The molecule has 0 aliphatic heterocycles. The van der Waals surface area contributed by atoms with Gasteiger partial charge in [-0.1, -0.05) is 42.4 Å². The Kier molecular flexibility index (Phi) is 6.46. The van der Waals surface area contributed by atoms with Crippen molar-refractivity contribution in [2.75, 3.05) is 5.75 Å². The maximum Gasteiger partial charge on any atom is 0.299 e. The molecule has 0 spiro atoms. The number of nitrogens with zero attached hydrogens (tertiary/aromatic N) is 4. The van der Waals surface area contributed by atoms with Gasteiger partial charge in [-0.05, 0) is 30.0 Å². The van der Waals surface area contributed by atoms with Gasteiger partial charge in [-0.25, -0.2) is 8.78 Å². The number of ether oxygens (including phenoxy) is 1. The first kappa shape index (κ1) is 19.4. The van der Waals surface area contributed by atoms with Crippen molar-refractivity contribution in [2.45, 2.75) is 25.1 Å². The number of para-hydroxylation sites is 1. The maximum absolute atomic E-state index is 13.0. The molecule has 0 unspecified atom stereocenters. The average Bonchev–Trinajstić information content (AvgIpc) is 3.26. The van der Waals surface area contributed by atoms with E-state index in [1.165, 1.54) is 18.0 Å². The van der Waals surface area contributed by atoms with Gasteiger partial charge in [0.2, 0.25) is 11.0 Å². The first-order valence-electron chi connectivity index (χ1n) is 7.95. The van der Waals surface area contributed by atoms with Crippen LogP contribution in [0.15, 0.2) is 51.1 Å². The van der Waals surface area contributed by atoms with Gasteiger partial charge in [0, 0.05) is 0 Å². The molecule has 6 nitrogen and oxygen atoms in total. The van der Waals surface area contributed by atoms with Crippen LogP contribution in [0.1, 0.15) is 30.7 Å². The summed E-state index contributed by atoms with van der Waals surface area (Å²) in [5.74, 6) is 1.60. The van der Waals surface area contributed by atoms with Crippen LogP contribution in [0.3, 0.4) is 0 Å². The molecule has 0 amide bonds. The third-order valence-electron chi connectivity index (χ3n) is 3.29. The van der Waals surface area contributed by atoms with Crippen LogP contribution in [-0.2, 0) is 6.61 Å². The van der Waals surface area contributed by atoms with E-state index in [2.05, 4.69) is 15.3 Å². The smallest absolute Gasteiger partial charge is 0.299 e. The third-order valence-corrected chi connectivity index (χ3v) is 4.41. The highest BCUT2D eigenvalue weighted by Gasteiger charge is 2.20. The van der Waals surface area contributed by atoms with Crippen LogP contribution in [0.2, 0.25) is 5.02 Å². The van der Waals surface area contributed by atoms with Crippen molar-refractivity contribution >= 4 is 29.6 Å². The molecular weight excluding hydrogens is 398 g/mol. The molecule has 0 aliphatic carbocycles. The van der Waals surface area contributed by atoms with Gasteiger partial charge in [0.25, 0.3) is 6.43 Å². The number of furan rings is 1. The van der Waals surface area contributed by atoms with Gasteiger partial charge in [-0.15, -0.1) is 10.2 Å². The predicted molar refractivity (Wildman–Crippen MR) is 98.9 cm³/mol. The Hall–Kier alpha value is -2.39. The number of hydrogen-bond donors (Lipinski definition) is 0. The van der Waals surface area contributed by atoms with Crippen molar-refractivity contribution in [1.29, 1.82) is 0 Å². The fourth-order valence-electron chi connectivity index (χ4n) is 2.11. The molecule has 0 saturated heterocycles. The minimum Gasteiger partial charge on any atom is -0.484 e. The summed E-state index contributed by atoms with van der Waals surface area (Å²) in [5, 5.41) is 12.0. The molecule has 0 radical (unpaired) electrons. The zero-order chi connectivity index (χ0) is 19.2. The largest absolute Gasteiger partial charge is 0.484 e. The molecule has 27 heavy (non-hydrogen) atoms. The summed E-state index contributed by atoms with van der Waals surface area (Å²) in [7, 11) is 0. The standard InChI is InChI=1S/C17H15ClF2N4O2S/c1-2-27-17-23-22-16(15(19)20)24(17)21-9-11-7-8-12(26-11)10-25-14-6-4-3-5-13(14)18/h3-9,15H,2,10H2,1H3. The van der Waals surface area contributed by atoms with E-state index < -0.39 is 12.2 Å². The van der Waals surface area contributed by atoms with Gasteiger partial charge in [0.05, 0.1) is 11.2 Å². The minimum absolute atomic E-state index is 0.170. The lowest BCUT2D eigenvalue weighted by Crippen LogP contribution is -2.00. The van der Waals surface area contributed by atoms with Crippen LogP contribution in [0.5, 0.6) is 5.75 Å². The normalized spacial score (nSPS) is 11.6. The van der Waals surface area contributed by atoms with E-state index in [9.17, 15) is 8.78 Å². The maximum atomic E-state index is 13.0. The Morgan fingerprint density at radius 1 is 1.30 bits per heavy atom. The molecule has 0 N–H and O–H groups in total. The minimum atomic E-state index is -2.78. The van der Waals surface area contributed by atoms with E-state index in [-0.39, 0.29) is 11.8 Å². The summed E-state index contributed by atoms with van der Waals surface area (Å²) in [6.45, 7) is 2.05. The van der Waals surface area contributed by atoms with Crippen LogP contribution in [-0.4, -0.2) is 26.8 Å². The van der Waals surface area contributed by atoms with Gasteiger partial charge in [0.15, 0.2) is 0 Å². The van der Waals surface area contributed by atoms with E-state index >= 15 is 0 Å². The molecule has 1 aromatic carbocycles. The number of halogens is 3. The van der Waals surface area contributed by atoms with Gasteiger partial charge in [-0.3, -0.25) is 0 Å². The molecule has 2 aromatic heterocycles. The van der Waals surface area contributed by atoms with Crippen molar-refractivity contribution in [2.24, 2.45) is 5.10 Å². The number of thioether (sulfide) groups is 1. The Labute approximate surface area is 163 Å². The highest BCUT2D eigenvalue weighted by Crippen LogP contribution is 2.25. The lowest BCUT2D eigenvalue weighted by atomic mass is 10.3. The first-order chi connectivity index (χ1) is 13.1. The topological polar surface area (TPSA) is 65.4 Å². The second-order valence-corrected chi connectivity index (χ2v) is 6.79. The van der Waals surface area contributed by atoms with Crippen LogP contribution < -0.4 is 4.74 Å². The second kappa shape index (κ2) is 9.01. The second-order valence-electron chi connectivity index (χ2n) is 5.15. The van der Waals surface area contributed by atoms with Crippen LogP contribution in [0.4, 0.5) is 8.78 Å². The van der Waals surface area contributed by atoms with Crippen molar-refractivity contribution in [3.8, 4) is 5.75 Å². The summed E-state index contributed by atoms with van der Waals surface area (Å²) in [6, 6.07) is 10.5. The lowest BCUT2D eigenvalue weighted by Gasteiger charge is -2.05. The SMILES string of the molecule is CCSc1nnc(C(F)F)n1N=Cc1ccc(COc2ccccc2Cl)o1. The number of alkyl halides is 2. The van der Waals surface area contributed by atoms with E-state index in [0.717, 1.165) is 4.68 Å². The zero-order valence-corrected chi connectivity index (χ0v) is 15.8. The van der Waals surface area contributed by atoms with Crippen LogP contribution in [0, 0.1) is 0 Å². The Morgan fingerprint density at radius 3 is 2.85 bits per heavy atom. The third kappa shape index (κ3) is 4.86. The van der Waals surface area contributed by atoms with Crippen molar-refractivity contribution in [1.82, 2.24) is 14.9 Å². The molecule has 2 heterocycles. The van der Waals surface area contributed by atoms with Gasteiger partial charge in [0.1, 0.15) is 23.9 Å². The predicted octanol–water partition coefficient (Wildman–Crippen LogP) is 5.04. The molecule has 3 aromatic rings. The van der Waals surface area contributed by atoms with Crippen molar-refractivity contribution in [3.63, 3.8) is 0 Å². The summed E-state index contributed by atoms with van der Waals surface area (Å²) in [4.78, 5) is 0. The molecule has 0 saturated carbocycles. The van der Waals surface area contributed by atoms with Gasteiger partial charge >= 0.3 is 0 Å². The number of hydrogen-bond acceptors (Lipinski definition) is 6.